The molecule has 0 spiro atoms. The molecule has 162 valence electrons. The van der Waals surface area contributed by atoms with E-state index in [0.717, 1.165) is 47.0 Å². The van der Waals surface area contributed by atoms with Crippen LogP contribution >= 0.6 is 11.6 Å². The highest BCUT2D eigenvalue weighted by molar-refractivity contribution is 6.64. The highest BCUT2D eigenvalue weighted by Crippen LogP contribution is 2.51. The second kappa shape index (κ2) is 6.80. The van der Waals surface area contributed by atoms with Gasteiger partial charge in [-0.3, -0.25) is 9.48 Å². The molecule has 0 bridgehead atoms. The number of hydrogen-bond acceptors (Lipinski definition) is 6. The smallest absolute Gasteiger partial charge is 0.340 e. The zero-order chi connectivity index (χ0) is 22.1. The number of fused-ring (bicyclic) bond motifs is 2. The lowest BCUT2D eigenvalue weighted by Crippen LogP contribution is -2.03. The van der Waals surface area contributed by atoms with Gasteiger partial charge >= 0.3 is 5.97 Å². The lowest BCUT2D eigenvalue weighted by atomic mass is 9.99. The summed E-state index contributed by atoms with van der Waals surface area (Å²) in [7, 11) is 1.33. The van der Waals surface area contributed by atoms with Crippen molar-refractivity contribution >= 4 is 50.4 Å². The number of aromatic amines is 1. The Morgan fingerprint density at radius 3 is 2.75 bits per heavy atom. The van der Waals surface area contributed by atoms with E-state index in [9.17, 15) is 9.59 Å². The van der Waals surface area contributed by atoms with Gasteiger partial charge in [0, 0.05) is 40.3 Å². The second-order valence-electron chi connectivity index (χ2n) is 8.61. The van der Waals surface area contributed by atoms with E-state index < -0.39 is 5.97 Å². The summed E-state index contributed by atoms with van der Waals surface area (Å²) < 4.78 is 6.92. The summed E-state index contributed by atoms with van der Waals surface area (Å²) in [5, 5.41) is 6.21. The number of carbonyl (C=O) groups is 2. The molecule has 3 N–H and O–H groups in total. The minimum atomic E-state index is -0.478. The number of rotatable bonds is 5. The van der Waals surface area contributed by atoms with E-state index in [1.54, 1.807) is 0 Å². The van der Waals surface area contributed by atoms with Crippen molar-refractivity contribution in [2.24, 2.45) is 5.92 Å². The van der Waals surface area contributed by atoms with Gasteiger partial charge in [-0.1, -0.05) is 0 Å². The van der Waals surface area contributed by atoms with Crippen LogP contribution in [0.3, 0.4) is 0 Å². The molecule has 32 heavy (non-hydrogen) atoms. The summed E-state index contributed by atoms with van der Waals surface area (Å²) in [6.07, 6.45) is 6.52. The minimum absolute atomic E-state index is 0.0843. The molecule has 0 aliphatic heterocycles. The summed E-state index contributed by atoms with van der Waals surface area (Å²) in [6.45, 7) is 0. The number of methoxy groups -OCH3 is 1. The predicted octanol–water partition coefficient (Wildman–Crippen LogP) is 4.15. The number of anilines is 1. The Bertz CT molecular complexity index is 1430. The van der Waals surface area contributed by atoms with Crippen molar-refractivity contribution in [2.45, 2.75) is 31.2 Å². The van der Waals surface area contributed by atoms with Crippen molar-refractivity contribution in [3.63, 3.8) is 0 Å². The number of nitrogens with two attached hydrogens (primary N) is 1. The van der Waals surface area contributed by atoms with Crippen molar-refractivity contribution in [3.8, 4) is 11.3 Å². The molecule has 2 saturated carbocycles. The summed E-state index contributed by atoms with van der Waals surface area (Å²) in [5.74, 6) is -0.254. The molecule has 1 aromatic carbocycles. The molecule has 2 aliphatic carbocycles. The molecule has 0 saturated heterocycles. The van der Waals surface area contributed by atoms with Gasteiger partial charge in [-0.2, -0.15) is 5.10 Å². The van der Waals surface area contributed by atoms with E-state index in [1.165, 1.54) is 13.3 Å². The second-order valence-corrected chi connectivity index (χ2v) is 8.98. The lowest BCUT2D eigenvalue weighted by molar-refractivity contribution is -0.112. The van der Waals surface area contributed by atoms with E-state index >= 15 is 0 Å². The standard InChI is InChI=1S/C23H20ClN5O3/c1-32-23(31)16-8-26-22(25)20-14(16)7-18(27-20)10-4-12(13-6-15(13)21(24)30)17-9-29(11-2-3-11)28-19(17)5-10/h4-5,7-9,11,13,15,27H,2-3,6H2,1H3,(H2,25,26). The van der Waals surface area contributed by atoms with E-state index in [1.807, 2.05) is 16.8 Å². The molecule has 3 heterocycles. The number of benzene rings is 1. The number of nitrogens with one attached hydrogen (secondary N) is 1. The first-order valence-corrected chi connectivity index (χ1v) is 10.9. The number of H-pyrrole nitrogens is 1. The molecule has 3 aromatic heterocycles. The van der Waals surface area contributed by atoms with Crippen LogP contribution in [0.2, 0.25) is 0 Å². The summed E-state index contributed by atoms with van der Waals surface area (Å²) in [5.41, 5.74) is 10.6. The van der Waals surface area contributed by atoms with Gasteiger partial charge in [-0.05, 0) is 60.5 Å². The van der Waals surface area contributed by atoms with Crippen LogP contribution in [0.25, 0.3) is 33.1 Å². The first-order chi connectivity index (χ1) is 15.4. The van der Waals surface area contributed by atoms with Gasteiger partial charge in [-0.25, -0.2) is 9.78 Å². The van der Waals surface area contributed by atoms with E-state index in [4.69, 9.17) is 27.2 Å². The molecule has 2 unspecified atom stereocenters. The Kier molecular flexibility index (Phi) is 4.10. The number of nitrogens with zero attached hydrogens (tertiary/aromatic N) is 3. The summed E-state index contributed by atoms with van der Waals surface area (Å²) in [4.78, 5) is 31.4. The van der Waals surface area contributed by atoms with Crippen molar-refractivity contribution in [2.75, 3.05) is 12.8 Å². The van der Waals surface area contributed by atoms with Gasteiger partial charge in [-0.15, -0.1) is 0 Å². The van der Waals surface area contributed by atoms with Crippen LogP contribution in [0.5, 0.6) is 0 Å². The van der Waals surface area contributed by atoms with Crippen molar-refractivity contribution < 1.29 is 14.3 Å². The zero-order valence-corrected chi connectivity index (χ0v) is 18.0. The Balaban J connectivity index is 1.53. The van der Waals surface area contributed by atoms with Gasteiger partial charge < -0.3 is 15.5 Å². The Morgan fingerprint density at radius 2 is 2.06 bits per heavy atom. The molecular formula is C23H20ClN5O3. The maximum Gasteiger partial charge on any atom is 0.340 e. The van der Waals surface area contributed by atoms with Gasteiger partial charge in [0.15, 0.2) is 0 Å². The van der Waals surface area contributed by atoms with E-state index in [-0.39, 0.29) is 17.1 Å². The molecule has 2 aliphatic rings. The molecule has 9 heteroatoms. The molecule has 0 amide bonds. The third-order valence-corrected chi connectivity index (χ3v) is 6.77. The molecule has 2 atom stereocenters. The van der Waals surface area contributed by atoms with E-state index in [0.29, 0.717) is 28.3 Å². The number of halogens is 1. The number of esters is 1. The van der Waals surface area contributed by atoms with Crippen molar-refractivity contribution in [1.82, 2.24) is 19.7 Å². The van der Waals surface area contributed by atoms with Gasteiger partial charge in [0.05, 0.1) is 29.7 Å². The van der Waals surface area contributed by atoms with Crippen LogP contribution in [0.1, 0.15) is 47.1 Å². The minimum Gasteiger partial charge on any atom is -0.465 e. The van der Waals surface area contributed by atoms with Crippen LogP contribution in [-0.4, -0.2) is 38.1 Å². The normalized spacial score (nSPS) is 20.1. The van der Waals surface area contributed by atoms with Crippen LogP contribution < -0.4 is 5.73 Å². The van der Waals surface area contributed by atoms with Crippen molar-refractivity contribution in [1.29, 1.82) is 0 Å². The fourth-order valence-corrected chi connectivity index (χ4v) is 4.75. The Labute approximate surface area is 187 Å². The van der Waals surface area contributed by atoms with Crippen LogP contribution in [0, 0.1) is 5.92 Å². The largest absolute Gasteiger partial charge is 0.465 e. The summed E-state index contributed by atoms with van der Waals surface area (Å²) >= 11 is 5.79. The molecule has 8 nitrogen and oxygen atoms in total. The third kappa shape index (κ3) is 2.97. The van der Waals surface area contributed by atoms with E-state index in [2.05, 4.69) is 22.2 Å². The maximum atomic E-state index is 12.2. The quantitative estimate of drug-likeness (QED) is 0.349. The maximum absolute atomic E-state index is 12.2. The summed E-state index contributed by atoms with van der Waals surface area (Å²) in [6, 6.07) is 6.42. The number of hydrogen-bond donors (Lipinski definition) is 2. The fourth-order valence-electron chi connectivity index (χ4n) is 4.51. The molecule has 4 aromatic rings. The number of aromatic nitrogens is 4. The first kappa shape index (κ1) is 19.3. The monoisotopic (exact) mass is 449 g/mol. The zero-order valence-electron chi connectivity index (χ0n) is 17.3. The first-order valence-electron chi connectivity index (χ1n) is 10.5. The van der Waals surface area contributed by atoms with Gasteiger partial charge in [0.1, 0.15) is 5.82 Å². The number of ether oxygens (including phenoxy) is 1. The van der Waals surface area contributed by atoms with Crippen LogP contribution in [0.15, 0.2) is 30.6 Å². The van der Waals surface area contributed by atoms with Gasteiger partial charge in [0.25, 0.3) is 0 Å². The molecular weight excluding hydrogens is 430 g/mol. The third-order valence-electron chi connectivity index (χ3n) is 6.49. The number of carbonyl (C=O) groups excluding carboxylic acids is 2. The molecule has 6 rings (SSSR count). The van der Waals surface area contributed by atoms with Gasteiger partial charge in [0.2, 0.25) is 5.24 Å². The average molecular weight is 450 g/mol. The molecule has 0 radical (unpaired) electrons. The highest BCUT2D eigenvalue weighted by atomic mass is 35.5. The Morgan fingerprint density at radius 1 is 1.25 bits per heavy atom. The van der Waals surface area contributed by atoms with Crippen LogP contribution in [0.4, 0.5) is 5.82 Å². The highest BCUT2D eigenvalue weighted by Gasteiger charge is 2.44. The average Bonchev–Trinajstić information content (AvgIpc) is 3.69. The predicted molar refractivity (Wildman–Crippen MR) is 121 cm³/mol. The number of pyridine rings is 1. The Hall–Kier alpha value is -3.39. The SMILES string of the molecule is COC(=O)c1cnc(N)c2[nH]c(-c3cc(C4CC4C(=O)Cl)c4cn(C5CC5)nc4c3)cc12. The topological polar surface area (TPSA) is 116 Å². The van der Waals surface area contributed by atoms with Crippen LogP contribution in [-0.2, 0) is 9.53 Å². The fraction of sp³-hybridized carbons (Fsp3) is 0.304. The van der Waals surface area contributed by atoms with Crippen molar-refractivity contribution in [3.05, 3.63) is 41.7 Å². The number of nitrogen functional groups attached to an aromatic ring is 1. The molecule has 2 fully saturated rings. The lowest BCUT2D eigenvalue weighted by Gasteiger charge is -2.05.